The van der Waals surface area contributed by atoms with Crippen LogP contribution in [0.15, 0.2) is 72.9 Å². The number of halogens is 1. The lowest BCUT2D eigenvalue weighted by Crippen LogP contribution is -1.91. The predicted octanol–water partition coefficient (Wildman–Crippen LogP) is 5.36. The van der Waals surface area contributed by atoms with Crippen LogP contribution in [0, 0.1) is 0 Å². The highest BCUT2D eigenvalue weighted by atomic mass is 35.5. The number of hydrogen-bond donors (Lipinski definition) is 0. The molecule has 0 spiro atoms. The van der Waals surface area contributed by atoms with Gasteiger partial charge in [0.05, 0.1) is 16.7 Å². The van der Waals surface area contributed by atoms with Crippen LogP contribution < -0.4 is 0 Å². The van der Waals surface area contributed by atoms with Gasteiger partial charge in [-0.2, -0.15) is 0 Å². The molecule has 0 amide bonds. The average molecular weight is 330 g/mol. The normalized spacial score (nSPS) is 11.5. The van der Waals surface area contributed by atoms with E-state index < -0.39 is 0 Å². The van der Waals surface area contributed by atoms with Crippen LogP contribution in [-0.2, 0) is 0 Å². The van der Waals surface area contributed by atoms with E-state index in [2.05, 4.69) is 10.5 Å². The van der Waals surface area contributed by atoms with E-state index in [-0.39, 0.29) is 0 Å². The molecule has 5 rings (SSSR count). The van der Waals surface area contributed by atoms with Gasteiger partial charge in [0.15, 0.2) is 0 Å². The van der Waals surface area contributed by atoms with Crippen LogP contribution >= 0.6 is 11.6 Å². The second-order valence-electron chi connectivity index (χ2n) is 5.72. The summed E-state index contributed by atoms with van der Waals surface area (Å²) in [6.45, 7) is 0. The zero-order valence-electron chi connectivity index (χ0n) is 12.6. The molecule has 0 fully saturated rings. The monoisotopic (exact) mass is 329 g/mol. The fourth-order valence-corrected chi connectivity index (χ4v) is 3.29. The van der Waals surface area contributed by atoms with E-state index in [9.17, 15) is 0 Å². The maximum atomic E-state index is 6.05. The molecular formula is C20H12ClN3. The van der Waals surface area contributed by atoms with Crippen molar-refractivity contribution in [2.75, 3.05) is 0 Å². The molecule has 0 bridgehead atoms. The van der Waals surface area contributed by atoms with E-state index in [4.69, 9.17) is 21.6 Å². The molecule has 0 aliphatic heterocycles. The molecule has 0 atom stereocenters. The van der Waals surface area contributed by atoms with Crippen LogP contribution in [0.4, 0.5) is 0 Å². The van der Waals surface area contributed by atoms with E-state index in [0.29, 0.717) is 5.02 Å². The Morgan fingerprint density at radius 3 is 2.46 bits per heavy atom. The van der Waals surface area contributed by atoms with Crippen LogP contribution in [0.25, 0.3) is 38.8 Å². The lowest BCUT2D eigenvalue weighted by Gasteiger charge is -2.07. The molecule has 24 heavy (non-hydrogen) atoms. The Bertz CT molecular complexity index is 1210. The van der Waals surface area contributed by atoms with Gasteiger partial charge >= 0.3 is 0 Å². The van der Waals surface area contributed by atoms with Crippen LogP contribution in [-0.4, -0.2) is 14.4 Å². The van der Waals surface area contributed by atoms with Crippen molar-refractivity contribution < 1.29 is 0 Å². The Balaban J connectivity index is 2.01. The molecule has 3 heterocycles. The first-order valence-corrected chi connectivity index (χ1v) is 8.10. The van der Waals surface area contributed by atoms with Crippen molar-refractivity contribution in [2.24, 2.45) is 0 Å². The van der Waals surface area contributed by atoms with Gasteiger partial charge < -0.3 is 0 Å². The van der Waals surface area contributed by atoms with Crippen molar-refractivity contribution in [3.8, 4) is 11.3 Å². The van der Waals surface area contributed by atoms with Gasteiger partial charge in [0, 0.05) is 22.2 Å². The van der Waals surface area contributed by atoms with E-state index >= 15 is 0 Å². The van der Waals surface area contributed by atoms with Gasteiger partial charge in [-0.05, 0) is 30.3 Å². The molecule has 5 aromatic rings. The minimum absolute atomic E-state index is 0.717. The number of fused-ring (bicyclic) bond motifs is 5. The Hall–Kier alpha value is -2.91. The Kier molecular flexibility index (Phi) is 2.84. The standard InChI is InChI=1S/C20H12ClN3/c21-14-10-8-13(9-11-14)18-20-19(15-5-1-2-6-16(15)22-18)23-17-7-3-4-12-24(17)20/h1-12H. The predicted molar refractivity (Wildman–Crippen MR) is 98.4 cm³/mol. The molecule has 2 aromatic carbocycles. The van der Waals surface area contributed by atoms with E-state index in [1.54, 1.807) is 0 Å². The van der Waals surface area contributed by atoms with Crippen LogP contribution in [0.1, 0.15) is 0 Å². The SMILES string of the molecule is Clc1ccc(-c2nc3ccccc3c3nc4ccccn4c23)cc1. The van der Waals surface area contributed by atoms with Gasteiger partial charge in [-0.1, -0.05) is 48.0 Å². The number of para-hydroxylation sites is 1. The summed E-state index contributed by atoms with van der Waals surface area (Å²) in [7, 11) is 0. The topological polar surface area (TPSA) is 30.2 Å². The molecule has 0 saturated carbocycles. The number of imidazole rings is 1. The van der Waals surface area contributed by atoms with Crippen molar-refractivity contribution in [3.05, 3.63) is 77.9 Å². The van der Waals surface area contributed by atoms with Gasteiger partial charge in [0.1, 0.15) is 11.2 Å². The lowest BCUT2D eigenvalue weighted by atomic mass is 10.1. The van der Waals surface area contributed by atoms with E-state index in [1.165, 1.54) is 0 Å². The van der Waals surface area contributed by atoms with E-state index in [1.807, 2.05) is 66.9 Å². The highest BCUT2D eigenvalue weighted by Crippen LogP contribution is 2.33. The van der Waals surface area contributed by atoms with Gasteiger partial charge in [0.2, 0.25) is 0 Å². The average Bonchev–Trinajstić information content (AvgIpc) is 3.02. The smallest absolute Gasteiger partial charge is 0.137 e. The highest BCUT2D eigenvalue weighted by molar-refractivity contribution is 6.30. The van der Waals surface area contributed by atoms with Gasteiger partial charge in [-0.25, -0.2) is 9.97 Å². The fraction of sp³-hybridized carbons (Fsp3) is 0. The molecule has 0 N–H and O–H groups in total. The van der Waals surface area contributed by atoms with Gasteiger partial charge in [-0.15, -0.1) is 0 Å². The number of pyridine rings is 2. The number of nitrogens with zero attached hydrogens (tertiary/aromatic N) is 3. The summed E-state index contributed by atoms with van der Waals surface area (Å²) < 4.78 is 2.10. The molecule has 114 valence electrons. The first kappa shape index (κ1) is 13.5. The van der Waals surface area contributed by atoms with Gasteiger partial charge in [-0.3, -0.25) is 4.40 Å². The third-order valence-electron chi connectivity index (χ3n) is 4.26. The molecule has 0 radical (unpaired) electrons. The summed E-state index contributed by atoms with van der Waals surface area (Å²) in [5.74, 6) is 0. The summed E-state index contributed by atoms with van der Waals surface area (Å²) in [6, 6.07) is 21.9. The van der Waals surface area contributed by atoms with Crippen molar-refractivity contribution in [2.45, 2.75) is 0 Å². The summed E-state index contributed by atoms with van der Waals surface area (Å²) in [6.07, 6.45) is 2.03. The van der Waals surface area contributed by atoms with Crippen molar-refractivity contribution in [1.82, 2.24) is 14.4 Å². The highest BCUT2D eigenvalue weighted by Gasteiger charge is 2.15. The largest absolute Gasteiger partial charge is 0.298 e. The number of benzene rings is 2. The maximum absolute atomic E-state index is 6.05. The second kappa shape index (κ2) is 5.05. The third kappa shape index (κ3) is 1.92. The minimum atomic E-state index is 0.717. The zero-order chi connectivity index (χ0) is 16.1. The summed E-state index contributed by atoms with van der Waals surface area (Å²) in [4.78, 5) is 9.77. The Labute approximate surface area is 143 Å². The van der Waals surface area contributed by atoms with Crippen molar-refractivity contribution in [3.63, 3.8) is 0 Å². The molecule has 3 aromatic heterocycles. The zero-order valence-corrected chi connectivity index (χ0v) is 13.4. The molecule has 0 saturated heterocycles. The molecule has 0 aliphatic carbocycles. The molecular weight excluding hydrogens is 318 g/mol. The number of hydrogen-bond acceptors (Lipinski definition) is 2. The van der Waals surface area contributed by atoms with Crippen molar-refractivity contribution in [1.29, 1.82) is 0 Å². The quantitative estimate of drug-likeness (QED) is 0.414. The van der Waals surface area contributed by atoms with E-state index in [0.717, 1.165) is 38.8 Å². The summed E-state index contributed by atoms with van der Waals surface area (Å²) in [5.41, 5.74) is 5.79. The summed E-state index contributed by atoms with van der Waals surface area (Å²) >= 11 is 6.05. The molecule has 4 heteroatoms. The van der Waals surface area contributed by atoms with Crippen LogP contribution in [0.2, 0.25) is 5.02 Å². The maximum Gasteiger partial charge on any atom is 0.137 e. The Morgan fingerprint density at radius 1 is 0.792 bits per heavy atom. The third-order valence-corrected chi connectivity index (χ3v) is 4.52. The fourth-order valence-electron chi connectivity index (χ4n) is 3.16. The second-order valence-corrected chi connectivity index (χ2v) is 6.16. The number of rotatable bonds is 1. The molecule has 3 nitrogen and oxygen atoms in total. The van der Waals surface area contributed by atoms with Crippen molar-refractivity contribution >= 4 is 39.2 Å². The molecule has 0 unspecified atom stereocenters. The van der Waals surface area contributed by atoms with Crippen LogP contribution in [0.5, 0.6) is 0 Å². The van der Waals surface area contributed by atoms with Gasteiger partial charge in [0.25, 0.3) is 0 Å². The first-order valence-electron chi connectivity index (χ1n) is 7.73. The Morgan fingerprint density at radius 2 is 1.58 bits per heavy atom. The summed E-state index contributed by atoms with van der Waals surface area (Å²) in [5, 5.41) is 1.78. The number of aromatic nitrogens is 3. The minimum Gasteiger partial charge on any atom is -0.298 e. The van der Waals surface area contributed by atoms with Crippen LogP contribution in [0.3, 0.4) is 0 Å². The first-order chi connectivity index (χ1) is 11.8. The molecule has 0 aliphatic rings. The lowest BCUT2D eigenvalue weighted by molar-refractivity contribution is 1.22.